The molecule has 0 heterocycles. The number of hydrogen-bond donors (Lipinski definition) is 3. The van der Waals surface area contributed by atoms with Gasteiger partial charge < -0.3 is 15.2 Å². The van der Waals surface area contributed by atoms with Crippen molar-refractivity contribution >= 4 is 67.1 Å². The van der Waals surface area contributed by atoms with Crippen molar-refractivity contribution in [1.82, 2.24) is 0 Å². The van der Waals surface area contributed by atoms with Crippen molar-refractivity contribution in [3.8, 4) is 11.5 Å². The Bertz CT molecular complexity index is 1710. The van der Waals surface area contributed by atoms with Gasteiger partial charge in [0.1, 0.15) is 22.0 Å². The fourth-order valence-corrected chi connectivity index (χ4v) is 4.98. The average molecular weight is 574 g/mol. The van der Waals surface area contributed by atoms with E-state index in [0.29, 0.717) is 28.5 Å². The summed E-state index contributed by atoms with van der Waals surface area (Å²) in [6.07, 6.45) is 0.459. The average Bonchev–Trinajstić information content (AvgIpc) is 2.88. The van der Waals surface area contributed by atoms with Gasteiger partial charge in [0.05, 0.1) is 28.4 Å². The Hall–Kier alpha value is -3.70. The zero-order valence-electron chi connectivity index (χ0n) is 20.1. The van der Waals surface area contributed by atoms with Crippen molar-refractivity contribution in [1.29, 1.82) is 0 Å². The van der Waals surface area contributed by atoms with Gasteiger partial charge in [-0.1, -0.05) is 54.4 Å². The Labute approximate surface area is 228 Å². The van der Waals surface area contributed by atoms with Crippen molar-refractivity contribution in [2.24, 2.45) is 10.2 Å². The number of hydrogen-bond acceptors (Lipinski definition) is 7. The molecule has 0 aliphatic rings. The summed E-state index contributed by atoms with van der Waals surface area (Å²) in [7, 11) is -3.21. The maximum Gasteiger partial charge on any atom is 0.296 e. The number of carbonyl (C=O) groups is 1. The van der Waals surface area contributed by atoms with E-state index in [4.69, 9.17) is 27.9 Å². The van der Waals surface area contributed by atoms with Crippen LogP contribution in [0.4, 0.5) is 17.1 Å². The van der Waals surface area contributed by atoms with Crippen LogP contribution in [0.25, 0.3) is 10.8 Å². The van der Waals surface area contributed by atoms with Gasteiger partial charge in [0, 0.05) is 11.5 Å². The highest BCUT2D eigenvalue weighted by Gasteiger charge is 2.22. The van der Waals surface area contributed by atoms with E-state index in [9.17, 15) is 22.9 Å². The van der Waals surface area contributed by atoms with Crippen molar-refractivity contribution < 1.29 is 27.6 Å². The molecule has 4 aromatic rings. The highest BCUT2D eigenvalue weighted by molar-refractivity contribution is 7.86. The Morgan fingerprint density at radius 1 is 1.00 bits per heavy atom. The van der Waals surface area contributed by atoms with Gasteiger partial charge in [-0.15, -0.1) is 10.2 Å². The number of anilines is 1. The van der Waals surface area contributed by atoms with E-state index >= 15 is 0 Å². The van der Waals surface area contributed by atoms with Crippen LogP contribution in [0.15, 0.2) is 75.8 Å². The predicted octanol–water partition coefficient (Wildman–Crippen LogP) is 7.34. The molecule has 3 N–H and O–H groups in total. The number of rotatable bonds is 7. The molecule has 0 radical (unpaired) electrons. The third kappa shape index (κ3) is 5.58. The van der Waals surface area contributed by atoms with Crippen LogP contribution in [0.3, 0.4) is 0 Å². The third-order valence-electron chi connectivity index (χ3n) is 5.69. The summed E-state index contributed by atoms with van der Waals surface area (Å²) in [4.78, 5) is 12.6. The summed E-state index contributed by atoms with van der Waals surface area (Å²) in [5.74, 6) is -0.691. The van der Waals surface area contributed by atoms with Crippen LogP contribution in [0.5, 0.6) is 11.5 Å². The van der Waals surface area contributed by atoms with Crippen LogP contribution in [-0.4, -0.2) is 31.1 Å². The number of benzene rings is 4. The lowest BCUT2D eigenvalue weighted by molar-refractivity contribution is 0.102. The molecule has 0 bridgehead atoms. The zero-order valence-corrected chi connectivity index (χ0v) is 22.4. The third-order valence-corrected chi connectivity index (χ3v) is 7.16. The molecule has 0 spiro atoms. The highest BCUT2D eigenvalue weighted by Crippen LogP contribution is 2.42. The quantitative estimate of drug-likeness (QED) is 0.156. The van der Waals surface area contributed by atoms with Gasteiger partial charge >= 0.3 is 0 Å². The van der Waals surface area contributed by atoms with Gasteiger partial charge in [0.25, 0.3) is 16.0 Å². The number of phenols is 1. The summed E-state index contributed by atoms with van der Waals surface area (Å²) < 4.78 is 38.9. The molecule has 0 saturated heterocycles. The van der Waals surface area contributed by atoms with Crippen LogP contribution < -0.4 is 10.1 Å². The van der Waals surface area contributed by atoms with E-state index in [0.717, 1.165) is 0 Å². The highest BCUT2D eigenvalue weighted by atomic mass is 35.5. The molecule has 0 aliphatic heterocycles. The van der Waals surface area contributed by atoms with E-state index < -0.39 is 26.7 Å². The van der Waals surface area contributed by atoms with E-state index in [1.54, 1.807) is 43.3 Å². The van der Waals surface area contributed by atoms with Crippen molar-refractivity contribution in [3.05, 3.63) is 81.8 Å². The first-order valence-corrected chi connectivity index (χ1v) is 13.3. The number of nitrogens with zero attached hydrogens (tertiary/aromatic N) is 2. The molecular formula is C26H21Cl2N3O6S. The second-order valence-corrected chi connectivity index (χ2v) is 10.3. The molecule has 4 rings (SSSR count). The summed E-state index contributed by atoms with van der Waals surface area (Å²) >= 11 is 12.5. The molecule has 196 valence electrons. The van der Waals surface area contributed by atoms with E-state index in [1.165, 1.54) is 31.4 Å². The molecule has 4 aromatic carbocycles. The molecule has 12 heteroatoms. The standard InChI is InChI=1S/C26H21Cl2N3O6S/c1-3-14-10-20(28)24(22(11-14)38(34,35)36)31-30-23-17-7-5-4-6-15(17)12-18(25(23)32)26(33)29-21-9-8-16(37-2)13-19(21)27/h4-13,32H,3H2,1-2H3,(H,29,33)(H,34,35,36). The Balaban J connectivity index is 1.83. The summed E-state index contributed by atoms with van der Waals surface area (Å²) in [5, 5.41) is 22.9. The molecule has 0 unspecified atom stereocenters. The zero-order chi connectivity index (χ0) is 27.6. The van der Waals surface area contributed by atoms with E-state index in [-0.39, 0.29) is 32.7 Å². The number of amides is 1. The van der Waals surface area contributed by atoms with Crippen molar-refractivity contribution in [2.75, 3.05) is 12.4 Å². The predicted molar refractivity (Wildman–Crippen MR) is 146 cm³/mol. The lowest BCUT2D eigenvalue weighted by Crippen LogP contribution is -2.12. The number of azo groups is 1. The molecule has 0 fully saturated rings. The number of halogens is 2. The van der Waals surface area contributed by atoms with Crippen molar-refractivity contribution in [3.63, 3.8) is 0 Å². The topological polar surface area (TPSA) is 138 Å². The molecule has 1 amide bonds. The maximum absolute atomic E-state index is 13.2. The number of nitrogens with one attached hydrogen (secondary N) is 1. The number of fused-ring (bicyclic) bond motifs is 1. The van der Waals surface area contributed by atoms with Crippen LogP contribution in [0.1, 0.15) is 22.8 Å². The molecule has 0 saturated carbocycles. The van der Waals surface area contributed by atoms with Crippen LogP contribution in [0.2, 0.25) is 10.0 Å². The number of phenolic OH excluding ortho intramolecular Hbond substituents is 1. The molecule has 0 aromatic heterocycles. The first kappa shape index (κ1) is 27.3. The van der Waals surface area contributed by atoms with Gasteiger partial charge in [-0.25, -0.2) is 0 Å². The lowest BCUT2D eigenvalue weighted by atomic mass is 10.0. The summed E-state index contributed by atoms with van der Waals surface area (Å²) in [5.41, 5.74) is 0.298. The van der Waals surface area contributed by atoms with Gasteiger partial charge in [-0.2, -0.15) is 8.42 Å². The second kappa shape index (κ2) is 11.0. The molecule has 0 aliphatic carbocycles. The number of ether oxygens (including phenoxy) is 1. The summed E-state index contributed by atoms with van der Waals surface area (Å²) in [6, 6.07) is 15.7. The van der Waals surface area contributed by atoms with Crippen LogP contribution in [0, 0.1) is 0 Å². The van der Waals surface area contributed by atoms with E-state index in [1.807, 2.05) is 0 Å². The van der Waals surface area contributed by atoms with Gasteiger partial charge in [0.15, 0.2) is 5.75 Å². The van der Waals surface area contributed by atoms with Crippen LogP contribution in [-0.2, 0) is 16.5 Å². The maximum atomic E-state index is 13.2. The fourth-order valence-electron chi connectivity index (χ4n) is 3.73. The molecule has 0 atom stereocenters. The fraction of sp³-hybridized carbons (Fsp3) is 0.115. The second-order valence-electron chi connectivity index (χ2n) is 8.10. The van der Waals surface area contributed by atoms with Gasteiger partial charge in [-0.05, 0) is 47.7 Å². The Morgan fingerprint density at radius 3 is 2.37 bits per heavy atom. The minimum absolute atomic E-state index is 0.0624. The molecule has 38 heavy (non-hydrogen) atoms. The SMILES string of the molecule is CCc1cc(Cl)c(N=Nc2c(O)c(C(=O)Nc3ccc(OC)cc3Cl)cc3ccccc23)c(S(=O)(=O)O)c1. The number of aryl methyl sites for hydroxylation is 1. The molecular weight excluding hydrogens is 553 g/mol. The monoisotopic (exact) mass is 573 g/mol. The smallest absolute Gasteiger partial charge is 0.296 e. The largest absolute Gasteiger partial charge is 0.505 e. The lowest BCUT2D eigenvalue weighted by Gasteiger charge is -2.13. The number of methoxy groups -OCH3 is 1. The Morgan fingerprint density at radius 2 is 1.71 bits per heavy atom. The minimum atomic E-state index is -4.70. The number of aromatic hydroxyl groups is 1. The number of carbonyl (C=O) groups excluding carboxylic acids is 1. The summed E-state index contributed by atoms with van der Waals surface area (Å²) in [6.45, 7) is 1.79. The Kier molecular flexibility index (Phi) is 7.89. The van der Waals surface area contributed by atoms with Crippen molar-refractivity contribution in [2.45, 2.75) is 18.2 Å². The first-order chi connectivity index (χ1) is 18.0. The van der Waals surface area contributed by atoms with Gasteiger partial charge in [0.2, 0.25) is 0 Å². The first-order valence-electron chi connectivity index (χ1n) is 11.1. The van der Waals surface area contributed by atoms with Crippen LogP contribution >= 0.6 is 23.2 Å². The van der Waals surface area contributed by atoms with E-state index in [2.05, 4.69) is 15.5 Å². The van der Waals surface area contributed by atoms with Gasteiger partial charge in [-0.3, -0.25) is 9.35 Å². The normalized spacial score (nSPS) is 11.7. The minimum Gasteiger partial charge on any atom is -0.505 e. The molecule has 9 nitrogen and oxygen atoms in total.